The second-order valence-electron chi connectivity index (χ2n) is 7.14. The first kappa shape index (κ1) is 20.0. The SMILES string of the molecule is Clc1cc(/C(=C\c2ccccc2)c2nnco2)ccc1OCc1ccc2ccccc2n1. The van der Waals surface area contributed by atoms with E-state index >= 15 is 0 Å². The van der Waals surface area contributed by atoms with Crippen LogP contribution in [-0.4, -0.2) is 15.2 Å². The van der Waals surface area contributed by atoms with E-state index in [0.29, 0.717) is 23.3 Å². The molecule has 0 saturated carbocycles. The number of aromatic nitrogens is 3. The first-order chi connectivity index (χ1) is 15.8. The Hall–Kier alpha value is -3.96. The summed E-state index contributed by atoms with van der Waals surface area (Å²) in [5.41, 5.74) is 4.40. The second kappa shape index (κ2) is 9.04. The van der Waals surface area contributed by atoms with Crippen molar-refractivity contribution in [2.75, 3.05) is 0 Å². The Bertz CT molecular complexity index is 1380. The molecular formula is C26H18ClN3O2. The number of hydrogen-bond acceptors (Lipinski definition) is 5. The van der Waals surface area contributed by atoms with E-state index in [1.165, 1.54) is 6.39 Å². The van der Waals surface area contributed by atoms with Crippen LogP contribution in [-0.2, 0) is 6.61 Å². The fraction of sp³-hybridized carbons (Fsp3) is 0.0385. The molecule has 0 aliphatic heterocycles. The van der Waals surface area contributed by atoms with Crippen molar-refractivity contribution in [2.45, 2.75) is 6.61 Å². The number of nitrogens with zero attached hydrogens (tertiary/aromatic N) is 3. The van der Waals surface area contributed by atoms with Gasteiger partial charge in [-0.1, -0.05) is 72.3 Å². The Kier molecular flexibility index (Phi) is 5.64. The van der Waals surface area contributed by atoms with Crippen LogP contribution in [0.3, 0.4) is 0 Å². The summed E-state index contributed by atoms with van der Waals surface area (Å²) < 4.78 is 11.4. The maximum Gasteiger partial charge on any atom is 0.248 e. The molecule has 0 amide bonds. The van der Waals surface area contributed by atoms with Gasteiger partial charge < -0.3 is 9.15 Å². The number of rotatable bonds is 6. The van der Waals surface area contributed by atoms with Crippen LogP contribution in [0, 0.1) is 0 Å². The van der Waals surface area contributed by atoms with Crippen molar-refractivity contribution in [3.05, 3.63) is 119 Å². The number of halogens is 1. The van der Waals surface area contributed by atoms with E-state index in [9.17, 15) is 0 Å². The molecule has 5 rings (SSSR count). The van der Waals surface area contributed by atoms with Crippen molar-refractivity contribution in [2.24, 2.45) is 0 Å². The van der Waals surface area contributed by atoms with Gasteiger partial charge in [-0.05, 0) is 41.5 Å². The van der Waals surface area contributed by atoms with Gasteiger partial charge in [0.15, 0.2) is 0 Å². The van der Waals surface area contributed by atoms with E-state index in [4.69, 9.17) is 20.8 Å². The summed E-state index contributed by atoms with van der Waals surface area (Å²) >= 11 is 6.56. The van der Waals surface area contributed by atoms with Crippen molar-refractivity contribution >= 4 is 34.2 Å². The Labute approximate surface area is 190 Å². The molecule has 5 aromatic rings. The standard InChI is InChI=1S/C26H18ClN3O2/c27-23-15-20(22(26-30-28-17-32-26)14-18-6-2-1-3-7-18)11-13-25(23)31-16-21-12-10-19-8-4-5-9-24(19)29-21/h1-15,17H,16H2/b22-14+. The van der Waals surface area contributed by atoms with Crippen molar-refractivity contribution in [1.82, 2.24) is 15.2 Å². The van der Waals surface area contributed by atoms with Gasteiger partial charge in [-0.25, -0.2) is 4.98 Å². The quantitative estimate of drug-likeness (QED) is 0.285. The molecule has 0 aliphatic carbocycles. The predicted molar refractivity (Wildman–Crippen MR) is 125 cm³/mol. The zero-order valence-electron chi connectivity index (χ0n) is 17.0. The van der Waals surface area contributed by atoms with E-state index in [1.54, 1.807) is 0 Å². The van der Waals surface area contributed by atoms with Gasteiger partial charge in [0.2, 0.25) is 12.3 Å². The first-order valence-electron chi connectivity index (χ1n) is 10.1. The zero-order valence-corrected chi connectivity index (χ0v) is 17.7. The highest BCUT2D eigenvalue weighted by molar-refractivity contribution is 6.32. The normalized spacial score (nSPS) is 11.6. The number of para-hydroxylation sites is 1. The fourth-order valence-corrected chi connectivity index (χ4v) is 3.64. The molecule has 0 N–H and O–H groups in total. The third kappa shape index (κ3) is 4.38. The maximum absolute atomic E-state index is 6.56. The molecule has 0 unspecified atom stereocenters. The van der Waals surface area contributed by atoms with Crippen LogP contribution in [0.15, 0.2) is 95.7 Å². The van der Waals surface area contributed by atoms with Gasteiger partial charge in [0.1, 0.15) is 12.4 Å². The lowest BCUT2D eigenvalue weighted by atomic mass is 10.0. The van der Waals surface area contributed by atoms with E-state index < -0.39 is 0 Å². The summed E-state index contributed by atoms with van der Waals surface area (Å²) in [5.74, 6) is 0.994. The third-order valence-corrected chi connectivity index (χ3v) is 5.27. The smallest absolute Gasteiger partial charge is 0.248 e. The number of pyridine rings is 1. The average Bonchev–Trinajstić information content (AvgIpc) is 3.37. The van der Waals surface area contributed by atoms with Crippen LogP contribution < -0.4 is 4.74 Å². The Morgan fingerprint density at radius 3 is 2.59 bits per heavy atom. The Balaban J connectivity index is 1.40. The second-order valence-corrected chi connectivity index (χ2v) is 7.55. The summed E-state index contributed by atoms with van der Waals surface area (Å²) in [6, 6.07) is 27.5. The van der Waals surface area contributed by atoms with Gasteiger partial charge >= 0.3 is 0 Å². The summed E-state index contributed by atoms with van der Waals surface area (Å²) in [7, 11) is 0. The Morgan fingerprint density at radius 1 is 0.938 bits per heavy atom. The van der Waals surface area contributed by atoms with Crippen molar-refractivity contribution < 1.29 is 9.15 Å². The molecule has 5 nitrogen and oxygen atoms in total. The highest BCUT2D eigenvalue weighted by atomic mass is 35.5. The number of ether oxygens (including phenoxy) is 1. The topological polar surface area (TPSA) is 61.0 Å². The van der Waals surface area contributed by atoms with Crippen molar-refractivity contribution in [3.63, 3.8) is 0 Å². The summed E-state index contributed by atoms with van der Waals surface area (Å²) in [6.45, 7) is 0.320. The van der Waals surface area contributed by atoms with Gasteiger partial charge in [0.25, 0.3) is 0 Å². The largest absolute Gasteiger partial charge is 0.486 e. The molecule has 156 valence electrons. The van der Waals surface area contributed by atoms with Gasteiger partial charge in [-0.15, -0.1) is 10.2 Å². The predicted octanol–water partition coefficient (Wildman–Crippen LogP) is 6.44. The molecule has 3 aromatic carbocycles. The highest BCUT2D eigenvalue weighted by Crippen LogP contribution is 2.32. The molecule has 2 aromatic heterocycles. The van der Waals surface area contributed by atoms with E-state index in [-0.39, 0.29) is 0 Å². The summed E-state index contributed by atoms with van der Waals surface area (Å²) in [6.07, 6.45) is 3.29. The van der Waals surface area contributed by atoms with Crippen LogP contribution >= 0.6 is 11.6 Å². The molecule has 0 spiro atoms. The van der Waals surface area contributed by atoms with Gasteiger partial charge in [0.05, 0.1) is 16.2 Å². The van der Waals surface area contributed by atoms with Crippen LogP contribution in [0.1, 0.15) is 22.7 Å². The van der Waals surface area contributed by atoms with Crippen LogP contribution in [0.25, 0.3) is 22.6 Å². The lowest BCUT2D eigenvalue weighted by molar-refractivity contribution is 0.302. The fourth-order valence-electron chi connectivity index (χ4n) is 3.40. The van der Waals surface area contributed by atoms with Crippen LogP contribution in [0.2, 0.25) is 5.02 Å². The summed E-state index contributed by atoms with van der Waals surface area (Å²) in [4.78, 5) is 4.64. The zero-order chi connectivity index (χ0) is 21.8. The Morgan fingerprint density at radius 2 is 1.78 bits per heavy atom. The van der Waals surface area contributed by atoms with E-state index in [1.807, 2.05) is 91.0 Å². The lowest BCUT2D eigenvalue weighted by Crippen LogP contribution is -1.99. The van der Waals surface area contributed by atoms with E-state index in [0.717, 1.165) is 33.3 Å². The van der Waals surface area contributed by atoms with Gasteiger partial charge in [-0.2, -0.15) is 0 Å². The molecule has 2 heterocycles. The first-order valence-corrected chi connectivity index (χ1v) is 10.4. The number of hydrogen-bond donors (Lipinski definition) is 0. The third-order valence-electron chi connectivity index (χ3n) is 4.98. The number of fused-ring (bicyclic) bond motifs is 1. The highest BCUT2D eigenvalue weighted by Gasteiger charge is 2.14. The van der Waals surface area contributed by atoms with Gasteiger partial charge in [-0.3, -0.25) is 0 Å². The minimum Gasteiger partial charge on any atom is -0.486 e. The van der Waals surface area contributed by atoms with Gasteiger partial charge in [0, 0.05) is 11.0 Å². The average molecular weight is 440 g/mol. The van der Waals surface area contributed by atoms with Crippen molar-refractivity contribution in [3.8, 4) is 5.75 Å². The maximum atomic E-state index is 6.56. The van der Waals surface area contributed by atoms with Crippen LogP contribution in [0.5, 0.6) is 5.75 Å². The lowest BCUT2D eigenvalue weighted by Gasteiger charge is -2.11. The van der Waals surface area contributed by atoms with E-state index in [2.05, 4.69) is 15.2 Å². The minimum absolute atomic E-state index is 0.320. The molecule has 0 atom stereocenters. The molecule has 32 heavy (non-hydrogen) atoms. The minimum atomic E-state index is 0.320. The molecule has 0 aliphatic rings. The molecule has 6 heteroatoms. The molecule has 0 fully saturated rings. The molecule has 0 saturated heterocycles. The summed E-state index contributed by atoms with van der Waals surface area (Å²) in [5, 5.41) is 9.47. The van der Waals surface area contributed by atoms with Crippen LogP contribution in [0.4, 0.5) is 0 Å². The molecular weight excluding hydrogens is 422 g/mol. The molecule has 0 bridgehead atoms. The molecule has 0 radical (unpaired) electrons. The van der Waals surface area contributed by atoms with Crippen molar-refractivity contribution in [1.29, 1.82) is 0 Å². The monoisotopic (exact) mass is 439 g/mol. The number of benzene rings is 3.